The molecule has 0 aliphatic carbocycles. The molecule has 3 heterocycles. The first-order valence-electron chi connectivity index (χ1n) is 11.5. The zero-order valence-corrected chi connectivity index (χ0v) is 18.9. The van der Waals surface area contributed by atoms with Gasteiger partial charge in [-0.15, -0.1) is 0 Å². The molecule has 0 spiro atoms. The summed E-state index contributed by atoms with van der Waals surface area (Å²) in [6.07, 6.45) is 2.41. The zero-order chi connectivity index (χ0) is 22.5. The molecular formula is C24H32FN3O4. The van der Waals surface area contributed by atoms with Gasteiger partial charge in [-0.1, -0.05) is 31.1 Å². The topological polar surface area (TPSA) is 68.0 Å². The summed E-state index contributed by atoms with van der Waals surface area (Å²) in [5.74, 6) is 0.516. The lowest BCUT2D eigenvalue weighted by Crippen LogP contribution is -2.39. The molecule has 174 valence electrons. The third-order valence-electron chi connectivity index (χ3n) is 5.93. The standard InChI is InChI=1S/C24H32FN3O4/c1-17(2)14-22(29)28(15-18-6-5-11-31-18)16-20-23(19-7-3-4-8-21(19)25)26-32-24(20)27-9-12-30-13-10-27/h3-4,7-8,17-18H,5-6,9-16H2,1-2H3/t18-/m0/s1. The Kier molecular flexibility index (Phi) is 7.42. The van der Waals surface area contributed by atoms with E-state index in [1.54, 1.807) is 18.2 Å². The number of benzene rings is 1. The van der Waals surface area contributed by atoms with E-state index in [9.17, 15) is 9.18 Å². The van der Waals surface area contributed by atoms with Crippen molar-refractivity contribution in [3.05, 3.63) is 35.6 Å². The van der Waals surface area contributed by atoms with Crippen LogP contribution in [0.4, 0.5) is 10.3 Å². The Balaban J connectivity index is 1.69. The maximum atomic E-state index is 14.7. The van der Waals surface area contributed by atoms with Gasteiger partial charge in [0.05, 0.1) is 31.4 Å². The van der Waals surface area contributed by atoms with Crippen molar-refractivity contribution < 1.29 is 23.2 Å². The minimum Gasteiger partial charge on any atom is -0.378 e. The minimum absolute atomic E-state index is 0.0229. The summed E-state index contributed by atoms with van der Waals surface area (Å²) in [7, 11) is 0. The number of carbonyl (C=O) groups is 1. The Morgan fingerprint density at radius 2 is 2.03 bits per heavy atom. The lowest BCUT2D eigenvalue weighted by Gasteiger charge is -2.29. The molecule has 1 aromatic carbocycles. The van der Waals surface area contributed by atoms with E-state index in [2.05, 4.69) is 10.1 Å². The molecule has 1 amide bonds. The number of hydrogen-bond donors (Lipinski definition) is 0. The second-order valence-electron chi connectivity index (χ2n) is 8.90. The van der Waals surface area contributed by atoms with Crippen molar-refractivity contribution >= 4 is 11.8 Å². The van der Waals surface area contributed by atoms with Crippen LogP contribution in [-0.2, 0) is 20.8 Å². The fourth-order valence-corrected chi connectivity index (χ4v) is 4.28. The van der Waals surface area contributed by atoms with Crippen LogP contribution in [0.3, 0.4) is 0 Å². The van der Waals surface area contributed by atoms with Gasteiger partial charge in [0.15, 0.2) is 0 Å². The molecule has 32 heavy (non-hydrogen) atoms. The molecule has 2 aromatic rings. The minimum atomic E-state index is -0.366. The number of rotatable bonds is 8. The molecule has 0 N–H and O–H groups in total. The first-order chi connectivity index (χ1) is 15.5. The molecule has 0 bridgehead atoms. The van der Waals surface area contributed by atoms with E-state index in [4.69, 9.17) is 14.0 Å². The number of hydrogen-bond acceptors (Lipinski definition) is 6. The summed E-state index contributed by atoms with van der Waals surface area (Å²) in [6.45, 7) is 8.08. The van der Waals surface area contributed by atoms with Crippen LogP contribution in [0.15, 0.2) is 28.8 Å². The fourth-order valence-electron chi connectivity index (χ4n) is 4.28. The highest BCUT2D eigenvalue weighted by molar-refractivity contribution is 5.77. The van der Waals surface area contributed by atoms with Gasteiger partial charge in [0, 0.05) is 38.2 Å². The van der Waals surface area contributed by atoms with Crippen molar-refractivity contribution in [3.63, 3.8) is 0 Å². The quantitative estimate of drug-likeness (QED) is 0.615. The molecular weight excluding hydrogens is 413 g/mol. The second kappa shape index (κ2) is 10.4. The van der Waals surface area contributed by atoms with Crippen LogP contribution < -0.4 is 4.90 Å². The first kappa shape index (κ1) is 22.7. The van der Waals surface area contributed by atoms with E-state index in [0.29, 0.717) is 63.0 Å². The molecule has 0 radical (unpaired) electrons. The molecule has 1 atom stereocenters. The van der Waals surface area contributed by atoms with Gasteiger partial charge < -0.3 is 23.8 Å². The van der Waals surface area contributed by atoms with Crippen LogP contribution in [0, 0.1) is 11.7 Å². The highest BCUT2D eigenvalue weighted by atomic mass is 19.1. The number of carbonyl (C=O) groups excluding carboxylic acids is 1. The van der Waals surface area contributed by atoms with Crippen molar-refractivity contribution in [2.75, 3.05) is 44.4 Å². The highest BCUT2D eigenvalue weighted by Crippen LogP contribution is 2.34. The van der Waals surface area contributed by atoms with E-state index in [-0.39, 0.29) is 23.7 Å². The number of aromatic nitrogens is 1. The van der Waals surface area contributed by atoms with Crippen molar-refractivity contribution in [2.24, 2.45) is 5.92 Å². The monoisotopic (exact) mass is 445 g/mol. The van der Waals surface area contributed by atoms with Gasteiger partial charge in [0.25, 0.3) is 0 Å². The van der Waals surface area contributed by atoms with Crippen LogP contribution in [-0.4, -0.2) is 61.5 Å². The maximum Gasteiger partial charge on any atom is 0.233 e. The Hall–Kier alpha value is -2.45. The van der Waals surface area contributed by atoms with Gasteiger partial charge >= 0.3 is 0 Å². The maximum absolute atomic E-state index is 14.7. The smallest absolute Gasteiger partial charge is 0.233 e. The molecule has 7 nitrogen and oxygen atoms in total. The lowest BCUT2D eigenvalue weighted by molar-refractivity contribution is -0.134. The van der Waals surface area contributed by atoms with E-state index >= 15 is 0 Å². The molecule has 2 fully saturated rings. The number of amides is 1. The van der Waals surface area contributed by atoms with Crippen LogP contribution in [0.2, 0.25) is 0 Å². The van der Waals surface area contributed by atoms with Crippen LogP contribution in [0.1, 0.15) is 38.7 Å². The molecule has 0 unspecified atom stereocenters. The SMILES string of the molecule is CC(C)CC(=O)N(Cc1c(-c2ccccc2F)noc1N1CCOCC1)C[C@@H]1CCCO1. The van der Waals surface area contributed by atoms with Crippen molar-refractivity contribution in [1.82, 2.24) is 10.1 Å². The van der Waals surface area contributed by atoms with E-state index in [0.717, 1.165) is 25.0 Å². The molecule has 2 aliphatic rings. The van der Waals surface area contributed by atoms with Gasteiger partial charge in [0.2, 0.25) is 11.8 Å². The van der Waals surface area contributed by atoms with E-state index in [1.807, 2.05) is 18.7 Å². The number of halogens is 1. The van der Waals surface area contributed by atoms with Crippen LogP contribution in [0.5, 0.6) is 0 Å². The Morgan fingerprint density at radius 1 is 1.25 bits per heavy atom. The second-order valence-corrected chi connectivity index (χ2v) is 8.90. The average Bonchev–Trinajstić information content (AvgIpc) is 3.44. The molecule has 2 aliphatic heterocycles. The van der Waals surface area contributed by atoms with Gasteiger partial charge in [-0.3, -0.25) is 4.79 Å². The highest BCUT2D eigenvalue weighted by Gasteiger charge is 2.30. The van der Waals surface area contributed by atoms with Crippen molar-refractivity contribution in [2.45, 2.75) is 45.8 Å². The third kappa shape index (κ3) is 5.30. The summed E-state index contributed by atoms with van der Waals surface area (Å²) < 4.78 is 31.7. The number of morpholine rings is 1. The van der Waals surface area contributed by atoms with Crippen LogP contribution >= 0.6 is 0 Å². The summed E-state index contributed by atoms with van der Waals surface area (Å²) >= 11 is 0. The predicted molar refractivity (Wildman–Crippen MR) is 119 cm³/mol. The predicted octanol–water partition coefficient (Wildman–Crippen LogP) is 3.87. The molecule has 8 heteroatoms. The summed E-state index contributed by atoms with van der Waals surface area (Å²) in [5.41, 5.74) is 1.55. The number of anilines is 1. The van der Waals surface area contributed by atoms with Crippen molar-refractivity contribution in [3.8, 4) is 11.3 Å². The largest absolute Gasteiger partial charge is 0.378 e. The molecule has 1 aromatic heterocycles. The third-order valence-corrected chi connectivity index (χ3v) is 5.93. The molecule has 2 saturated heterocycles. The number of ether oxygens (including phenoxy) is 2. The lowest BCUT2D eigenvalue weighted by atomic mass is 10.0. The average molecular weight is 446 g/mol. The van der Waals surface area contributed by atoms with E-state index < -0.39 is 0 Å². The summed E-state index contributed by atoms with van der Waals surface area (Å²) in [4.78, 5) is 17.1. The summed E-state index contributed by atoms with van der Waals surface area (Å²) in [5, 5.41) is 4.26. The van der Waals surface area contributed by atoms with Gasteiger partial charge in [-0.2, -0.15) is 0 Å². The molecule has 0 saturated carbocycles. The Labute approximate surface area is 188 Å². The summed E-state index contributed by atoms with van der Waals surface area (Å²) in [6, 6.07) is 6.53. The van der Waals surface area contributed by atoms with Gasteiger partial charge in [0.1, 0.15) is 11.5 Å². The Bertz CT molecular complexity index is 904. The first-order valence-corrected chi connectivity index (χ1v) is 11.5. The van der Waals surface area contributed by atoms with Gasteiger partial charge in [-0.25, -0.2) is 4.39 Å². The Morgan fingerprint density at radius 3 is 2.72 bits per heavy atom. The zero-order valence-electron chi connectivity index (χ0n) is 18.9. The van der Waals surface area contributed by atoms with Gasteiger partial charge in [-0.05, 0) is 30.9 Å². The van der Waals surface area contributed by atoms with E-state index in [1.165, 1.54) is 6.07 Å². The fraction of sp³-hybridized carbons (Fsp3) is 0.583. The normalized spacial score (nSPS) is 19.0. The number of nitrogens with zero attached hydrogens (tertiary/aromatic N) is 3. The molecule has 4 rings (SSSR count). The van der Waals surface area contributed by atoms with Crippen molar-refractivity contribution in [1.29, 1.82) is 0 Å². The van der Waals surface area contributed by atoms with Crippen LogP contribution in [0.25, 0.3) is 11.3 Å².